The van der Waals surface area contributed by atoms with E-state index in [0.29, 0.717) is 16.3 Å². The third-order valence-corrected chi connectivity index (χ3v) is 4.10. The second-order valence-corrected chi connectivity index (χ2v) is 6.13. The van der Waals surface area contributed by atoms with Crippen molar-refractivity contribution in [3.05, 3.63) is 65.0 Å². The molecule has 0 bridgehead atoms. The molecular formula is C18H16ClFN4O2. The Hall–Kier alpha value is -2.93. The van der Waals surface area contributed by atoms with E-state index in [1.807, 2.05) is 0 Å². The highest BCUT2D eigenvalue weighted by Gasteiger charge is 2.12. The molecule has 0 saturated carbocycles. The quantitative estimate of drug-likeness (QED) is 0.720. The van der Waals surface area contributed by atoms with E-state index in [9.17, 15) is 14.0 Å². The number of benzene rings is 1. The highest BCUT2D eigenvalue weighted by Crippen LogP contribution is 2.18. The molecule has 2 amide bonds. The van der Waals surface area contributed by atoms with Gasteiger partial charge in [0.2, 0.25) is 5.91 Å². The lowest BCUT2D eigenvalue weighted by molar-refractivity contribution is -0.120. The predicted octanol–water partition coefficient (Wildman–Crippen LogP) is 3.06. The second-order valence-electron chi connectivity index (χ2n) is 5.70. The number of hydrogen-bond acceptors (Lipinski definition) is 3. The Labute approximate surface area is 154 Å². The molecule has 1 aromatic carbocycles. The van der Waals surface area contributed by atoms with Gasteiger partial charge in [0.05, 0.1) is 10.5 Å². The van der Waals surface area contributed by atoms with Crippen molar-refractivity contribution in [2.24, 2.45) is 0 Å². The summed E-state index contributed by atoms with van der Waals surface area (Å²) in [7, 11) is 1.53. The maximum atomic E-state index is 13.9. The number of anilines is 1. The van der Waals surface area contributed by atoms with Gasteiger partial charge in [-0.1, -0.05) is 11.6 Å². The standard InChI is InChI=1S/C18H16ClFN4O2/c1-21-17(25)5-2-11-6-13(3-4-15(11)20)23-18(26)16-8-14-7-12(19)9-24(14)10-22-16/h3-4,6-10H,2,5H2,1H3,(H,21,25)(H,23,26). The first-order chi connectivity index (χ1) is 12.5. The van der Waals surface area contributed by atoms with E-state index in [-0.39, 0.29) is 24.4 Å². The molecule has 0 fully saturated rings. The Morgan fingerprint density at radius 1 is 1.27 bits per heavy atom. The van der Waals surface area contributed by atoms with Crippen molar-refractivity contribution in [2.45, 2.75) is 12.8 Å². The zero-order valence-electron chi connectivity index (χ0n) is 13.9. The van der Waals surface area contributed by atoms with Gasteiger partial charge in [0, 0.05) is 25.4 Å². The van der Waals surface area contributed by atoms with Crippen LogP contribution in [0.4, 0.5) is 10.1 Å². The van der Waals surface area contributed by atoms with E-state index in [1.54, 1.807) is 22.7 Å². The van der Waals surface area contributed by atoms with Crippen LogP contribution in [0.1, 0.15) is 22.5 Å². The van der Waals surface area contributed by atoms with Gasteiger partial charge in [-0.2, -0.15) is 0 Å². The number of carbonyl (C=O) groups excluding carboxylic acids is 2. The normalized spacial score (nSPS) is 10.7. The number of nitrogens with zero attached hydrogens (tertiary/aromatic N) is 2. The first kappa shape index (κ1) is 17.9. The average Bonchev–Trinajstić information content (AvgIpc) is 3.00. The number of rotatable bonds is 5. The molecule has 0 aliphatic carbocycles. The van der Waals surface area contributed by atoms with E-state index in [1.165, 1.54) is 31.6 Å². The lowest BCUT2D eigenvalue weighted by Gasteiger charge is -2.08. The molecule has 0 radical (unpaired) electrons. The molecule has 0 atom stereocenters. The maximum Gasteiger partial charge on any atom is 0.274 e. The van der Waals surface area contributed by atoms with Gasteiger partial charge in [-0.3, -0.25) is 9.59 Å². The van der Waals surface area contributed by atoms with Crippen LogP contribution in [0.2, 0.25) is 5.02 Å². The first-order valence-corrected chi connectivity index (χ1v) is 8.27. The molecular weight excluding hydrogens is 359 g/mol. The number of nitrogens with one attached hydrogen (secondary N) is 2. The summed E-state index contributed by atoms with van der Waals surface area (Å²) in [4.78, 5) is 27.8. The minimum absolute atomic E-state index is 0.165. The molecule has 0 saturated heterocycles. The lowest BCUT2D eigenvalue weighted by atomic mass is 10.1. The summed E-state index contributed by atoms with van der Waals surface area (Å²) in [5.74, 6) is -1.02. The molecule has 2 aromatic heterocycles. The van der Waals surface area contributed by atoms with E-state index in [4.69, 9.17) is 11.6 Å². The molecule has 0 unspecified atom stereocenters. The summed E-state index contributed by atoms with van der Waals surface area (Å²) >= 11 is 5.93. The molecule has 3 rings (SSSR count). The van der Waals surface area contributed by atoms with Crippen molar-refractivity contribution in [2.75, 3.05) is 12.4 Å². The minimum atomic E-state index is -0.423. The number of halogens is 2. The molecule has 0 spiro atoms. The topological polar surface area (TPSA) is 75.5 Å². The van der Waals surface area contributed by atoms with Gasteiger partial charge < -0.3 is 15.0 Å². The monoisotopic (exact) mass is 374 g/mol. The molecule has 134 valence electrons. The van der Waals surface area contributed by atoms with Crippen LogP contribution in [0.3, 0.4) is 0 Å². The number of hydrogen-bond donors (Lipinski definition) is 2. The van der Waals surface area contributed by atoms with Crippen LogP contribution in [0.5, 0.6) is 0 Å². The van der Waals surface area contributed by atoms with Gasteiger partial charge in [0.15, 0.2) is 0 Å². The van der Waals surface area contributed by atoms with Gasteiger partial charge in [-0.25, -0.2) is 9.37 Å². The highest BCUT2D eigenvalue weighted by atomic mass is 35.5. The fourth-order valence-corrected chi connectivity index (χ4v) is 2.73. The molecule has 0 aliphatic rings. The third kappa shape index (κ3) is 4.00. The second kappa shape index (κ2) is 7.53. The molecule has 8 heteroatoms. The van der Waals surface area contributed by atoms with Gasteiger partial charge in [-0.05, 0) is 42.3 Å². The van der Waals surface area contributed by atoms with Crippen LogP contribution in [-0.2, 0) is 11.2 Å². The van der Waals surface area contributed by atoms with Gasteiger partial charge >= 0.3 is 0 Å². The minimum Gasteiger partial charge on any atom is -0.359 e. The van der Waals surface area contributed by atoms with Crippen molar-refractivity contribution in [3.8, 4) is 0 Å². The smallest absolute Gasteiger partial charge is 0.274 e. The van der Waals surface area contributed by atoms with Crippen molar-refractivity contribution in [3.63, 3.8) is 0 Å². The Balaban J connectivity index is 1.76. The molecule has 0 aliphatic heterocycles. The summed E-state index contributed by atoms with van der Waals surface area (Å²) in [6.07, 6.45) is 3.58. The number of aryl methyl sites for hydroxylation is 1. The largest absolute Gasteiger partial charge is 0.359 e. The van der Waals surface area contributed by atoms with E-state index in [0.717, 1.165) is 5.52 Å². The SMILES string of the molecule is CNC(=O)CCc1cc(NC(=O)c2cc3cc(Cl)cn3cn2)ccc1F. The van der Waals surface area contributed by atoms with E-state index in [2.05, 4.69) is 15.6 Å². The van der Waals surface area contributed by atoms with E-state index >= 15 is 0 Å². The summed E-state index contributed by atoms with van der Waals surface area (Å²) in [5, 5.41) is 5.72. The lowest BCUT2D eigenvalue weighted by Crippen LogP contribution is -2.18. The van der Waals surface area contributed by atoms with Crippen LogP contribution < -0.4 is 10.6 Å². The number of fused-ring (bicyclic) bond motifs is 1. The number of amides is 2. The summed E-state index contributed by atoms with van der Waals surface area (Å²) in [6, 6.07) is 7.57. The van der Waals surface area contributed by atoms with E-state index < -0.39 is 11.7 Å². The molecule has 2 N–H and O–H groups in total. The zero-order valence-corrected chi connectivity index (χ0v) is 14.7. The Kier molecular flexibility index (Phi) is 5.18. The first-order valence-electron chi connectivity index (χ1n) is 7.90. The van der Waals surface area contributed by atoms with Gasteiger partial charge in [0.25, 0.3) is 5.91 Å². The van der Waals surface area contributed by atoms with Gasteiger partial charge in [-0.15, -0.1) is 0 Å². The summed E-state index contributed by atoms with van der Waals surface area (Å²) in [5.41, 5.74) is 1.73. The predicted molar refractivity (Wildman–Crippen MR) is 96.9 cm³/mol. The Morgan fingerprint density at radius 2 is 2.08 bits per heavy atom. The molecule has 6 nitrogen and oxygen atoms in total. The third-order valence-electron chi connectivity index (χ3n) is 3.89. The zero-order chi connectivity index (χ0) is 18.7. The molecule has 3 aromatic rings. The molecule has 26 heavy (non-hydrogen) atoms. The number of carbonyl (C=O) groups is 2. The Bertz CT molecular complexity index is 986. The van der Waals surface area contributed by atoms with Crippen LogP contribution in [0.15, 0.2) is 42.9 Å². The maximum absolute atomic E-state index is 13.9. The van der Waals surface area contributed by atoms with Crippen LogP contribution >= 0.6 is 11.6 Å². The van der Waals surface area contributed by atoms with Gasteiger partial charge in [0.1, 0.15) is 17.8 Å². The van der Waals surface area contributed by atoms with Crippen molar-refractivity contribution in [1.29, 1.82) is 0 Å². The van der Waals surface area contributed by atoms with Crippen LogP contribution in [-0.4, -0.2) is 28.2 Å². The summed E-state index contributed by atoms with van der Waals surface area (Å²) < 4.78 is 15.6. The summed E-state index contributed by atoms with van der Waals surface area (Å²) in [6.45, 7) is 0. The van der Waals surface area contributed by atoms with Crippen molar-refractivity contribution in [1.82, 2.24) is 14.7 Å². The van der Waals surface area contributed by atoms with Crippen molar-refractivity contribution < 1.29 is 14.0 Å². The number of aromatic nitrogens is 2. The van der Waals surface area contributed by atoms with Crippen LogP contribution in [0.25, 0.3) is 5.52 Å². The fourth-order valence-electron chi connectivity index (χ4n) is 2.52. The molecule has 2 heterocycles. The average molecular weight is 375 g/mol. The highest BCUT2D eigenvalue weighted by molar-refractivity contribution is 6.31. The fraction of sp³-hybridized carbons (Fsp3) is 0.167. The van der Waals surface area contributed by atoms with Crippen molar-refractivity contribution >= 4 is 34.6 Å². The van der Waals surface area contributed by atoms with Crippen LogP contribution in [0, 0.1) is 5.82 Å². The Morgan fingerprint density at radius 3 is 2.85 bits per heavy atom.